The van der Waals surface area contributed by atoms with E-state index in [0.717, 1.165) is 17.3 Å². The van der Waals surface area contributed by atoms with Gasteiger partial charge in [0.1, 0.15) is 5.75 Å². The third-order valence-electron chi connectivity index (χ3n) is 2.91. The molecule has 2 N–H and O–H groups in total. The fourth-order valence-electron chi connectivity index (χ4n) is 1.94. The lowest BCUT2D eigenvalue weighted by Crippen LogP contribution is -2.36. The molecule has 0 saturated heterocycles. The van der Waals surface area contributed by atoms with Crippen LogP contribution < -0.4 is 10.1 Å². The Bertz CT molecular complexity index is 449. The molecule has 20 heavy (non-hydrogen) atoms. The summed E-state index contributed by atoms with van der Waals surface area (Å²) in [7, 11) is 0. The van der Waals surface area contributed by atoms with E-state index in [1.807, 2.05) is 13.0 Å². The number of carbonyl (C=O) groups excluding carboxylic acids is 1. The number of carbonyl (C=O) groups is 1. The summed E-state index contributed by atoms with van der Waals surface area (Å²) in [6.45, 7) is 5.67. The molecule has 0 heterocycles. The van der Waals surface area contributed by atoms with Crippen LogP contribution in [0.15, 0.2) is 22.7 Å². The summed E-state index contributed by atoms with van der Waals surface area (Å²) in [6, 6.07) is 5.50. The Balaban J connectivity index is 2.59. The van der Waals surface area contributed by atoms with Gasteiger partial charge in [-0.25, -0.2) is 0 Å². The van der Waals surface area contributed by atoms with Gasteiger partial charge in [0.2, 0.25) is 0 Å². The molecular weight excluding hydrogens is 322 g/mol. The Morgan fingerprint density at radius 1 is 1.45 bits per heavy atom. The average molecular weight is 344 g/mol. The van der Waals surface area contributed by atoms with Crippen LogP contribution in [0.4, 0.5) is 0 Å². The topological polar surface area (TPSA) is 58.6 Å². The third-order valence-corrected chi connectivity index (χ3v) is 3.40. The number of rotatable bonds is 7. The highest BCUT2D eigenvalue weighted by molar-refractivity contribution is 9.10. The lowest BCUT2D eigenvalue weighted by Gasteiger charge is -2.16. The second-order valence-corrected chi connectivity index (χ2v) is 5.82. The minimum Gasteiger partial charge on any atom is -0.483 e. The van der Waals surface area contributed by atoms with E-state index in [4.69, 9.17) is 4.74 Å². The second kappa shape index (κ2) is 8.27. The highest BCUT2D eigenvalue weighted by atomic mass is 79.9. The van der Waals surface area contributed by atoms with Gasteiger partial charge in [-0.1, -0.05) is 29.3 Å². The lowest BCUT2D eigenvalue weighted by atomic mass is 10.1. The first kappa shape index (κ1) is 17.0. The predicted octanol–water partition coefficient (Wildman–Crippen LogP) is 3.19. The minimum absolute atomic E-state index is 0.0462. The number of aliphatic hydroxyl groups is 1. The molecule has 1 rings (SSSR count). The van der Waals surface area contributed by atoms with Crippen LogP contribution in [-0.2, 0) is 4.79 Å². The molecule has 1 amide bonds. The van der Waals surface area contributed by atoms with Gasteiger partial charge in [0.25, 0.3) is 5.91 Å². The van der Waals surface area contributed by atoms with Crippen molar-refractivity contribution in [3.05, 3.63) is 28.2 Å². The minimum atomic E-state index is -0.649. The van der Waals surface area contributed by atoms with Crippen molar-refractivity contribution in [1.29, 1.82) is 0 Å². The molecule has 1 unspecified atom stereocenters. The summed E-state index contributed by atoms with van der Waals surface area (Å²) < 4.78 is 6.36. The predicted molar refractivity (Wildman–Crippen MR) is 82.8 cm³/mol. The summed E-state index contributed by atoms with van der Waals surface area (Å²) in [4.78, 5) is 11.7. The molecule has 0 aliphatic carbocycles. The molecule has 0 saturated carbocycles. The van der Waals surface area contributed by atoms with E-state index < -0.39 is 6.10 Å². The molecule has 0 aromatic heterocycles. The summed E-state index contributed by atoms with van der Waals surface area (Å²) in [5.41, 5.74) is 0.661. The fraction of sp³-hybridized carbons (Fsp3) is 0.533. The molecule has 0 bridgehead atoms. The lowest BCUT2D eigenvalue weighted by molar-refractivity contribution is -0.123. The van der Waals surface area contributed by atoms with E-state index in [2.05, 4.69) is 28.2 Å². The Kier molecular flexibility index (Phi) is 7.02. The SMILES string of the molecule is CCCC(C)NC(=O)COc1ccc(Br)cc1[C@@H](C)O. The zero-order chi connectivity index (χ0) is 15.1. The first-order valence-electron chi connectivity index (χ1n) is 6.83. The molecule has 0 fully saturated rings. The first-order chi connectivity index (χ1) is 9.43. The van der Waals surface area contributed by atoms with Gasteiger partial charge < -0.3 is 15.2 Å². The van der Waals surface area contributed by atoms with Crippen LogP contribution in [0.2, 0.25) is 0 Å². The standard InChI is InChI=1S/C15H22BrNO3/c1-4-5-10(2)17-15(19)9-20-14-7-6-12(16)8-13(14)11(3)18/h6-8,10-11,18H,4-5,9H2,1-3H3,(H,17,19)/t10?,11-/m1/s1. The van der Waals surface area contributed by atoms with Gasteiger partial charge in [-0.3, -0.25) is 4.79 Å². The molecular formula is C15H22BrNO3. The largest absolute Gasteiger partial charge is 0.483 e. The number of aliphatic hydroxyl groups excluding tert-OH is 1. The highest BCUT2D eigenvalue weighted by Crippen LogP contribution is 2.28. The van der Waals surface area contributed by atoms with E-state index in [1.54, 1.807) is 19.1 Å². The summed E-state index contributed by atoms with van der Waals surface area (Å²) in [5, 5.41) is 12.6. The average Bonchev–Trinajstić information content (AvgIpc) is 2.37. The van der Waals surface area contributed by atoms with Gasteiger partial charge in [-0.2, -0.15) is 0 Å². The summed E-state index contributed by atoms with van der Waals surface area (Å²) in [5.74, 6) is 0.381. The Labute approximate surface area is 128 Å². The fourth-order valence-corrected chi connectivity index (χ4v) is 2.32. The maximum Gasteiger partial charge on any atom is 0.258 e. The van der Waals surface area contributed by atoms with Crippen molar-refractivity contribution >= 4 is 21.8 Å². The molecule has 0 radical (unpaired) electrons. The highest BCUT2D eigenvalue weighted by Gasteiger charge is 2.12. The normalized spacial score (nSPS) is 13.7. The Morgan fingerprint density at radius 3 is 2.75 bits per heavy atom. The van der Waals surface area contributed by atoms with Gasteiger partial charge in [0, 0.05) is 16.1 Å². The Hall–Kier alpha value is -1.07. The van der Waals surface area contributed by atoms with Crippen molar-refractivity contribution < 1.29 is 14.6 Å². The van der Waals surface area contributed by atoms with Crippen molar-refractivity contribution in [3.63, 3.8) is 0 Å². The molecule has 2 atom stereocenters. The van der Waals surface area contributed by atoms with E-state index in [-0.39, 0.29) is 18.6 Å². The van der Waals surface area contributed by atoms with Gasteiger partial charge >= 0.3 is 0 Å². The number of ether oxygens (including phenoxy) is 1. The number of benzene rings is 1. The van der Waals surface area contributed by atoms with Crippen molar-refractivity contribution in [2.24, 2.45) is 0 Å². The molecule has 0 aliphatic rings. The van der Waals surface area contributed by atoms with Crippen LogP contribution in [-0.4, -0.2) is 23.7 Å². The molecule has 5 heteroatoms. The third kappa shape index (κ3) is 5.51. The summed E-state index contributed by atoms with van der Waals surface area (Å²) >= 11 is 3.35. The van der Waals surface area contributed by atoms with Gasteiger partial charge in [-0.05, 0) is 38.5 Å². The van der Waals surface area contributed by atoms with Crippen LogP contribution in [0.25, 0.3) is 0 Å². The van der Waals surface area contributed by atoms with Crippen LogP contribution in [0.3, 0.4) is 0 Å². The van der Waals surface area contributed by atoms with Crippen LogP contribution in [0.5, 0.6) is 5.75 Å². The first-order valence-corrected chi connectivity index (χ1v) is 7.63. The van der Waals surface area contributed by atoms with E-state index in [0.29, 0.717) is 11.3 Å². The number of nitrogens with one attached hydrogen (secondary N) is 1. The van der Waals surface area contributed by atoms with E-state index in [9.17, 15) is 9.90 Å². The van der Waals surface area contributed by atoms with Crippen LogP contribution in [0.1, 0.15) is 45.3 Å². The van der Waals surface area contributed by atoms with Crippen LogP contribution >= 0.6 is 15.9 Å². The molecule has 0 aliphatic heterocycles. The molecule has 1 aromatic rings. The number of hydrogen-bond donors (Lipinski definition) is 2. The van der Waals surface area contributed by atoms with E-state index in [1.165, 1.54) is 0 Å². The zero-order valence-electron chi connectivity index (χ0n) is 12.1. The van der Waals surface area contributed by atoms with Crippen LogP contribution in [0, 0.1) is 0 Å². The summed E-state index contributed by atoms with van der Waals surface area (Å²) in [6.07, 6.45) is 1.33. The molecule has 1 aromatic carbocycles. The molecule has 0 spiro atoms. The molecule has 4 nitrogen and oxygen atoms in total. The van der Waals surface area contributed by atoms with Crippen molar-refractivity contribution in [3.8, 4) is 5.75 Å². The van der Waals surface area contributed by atoms with Gasteiger partial charge in [0.15, 0.2) is 6.61 Å². The van der Waals surface area contributed by atoms with Gasteiger partial charge in [0.05, 0.1) is 6.10 Å². The smallest absolute Gasteiger partial charge is 0.258 e. The second-order valence-electron chi connectivity index (χ2n) is 4.90. The molecule has 112 valence electrons. The Morgan fingerprint density at radius 2 is 2.15 bits per heavy atom. The van der Waals surface area contributed by atoms with Crippen molar-refractivity contribution in [2.45, 2.75) is 45.8 Å². The maximum atomic E-state index is 11.7. The van der Waals surface area contributed by atoms with E-state index >= 15 is 0 Å². The number of halogens is 1. The zero-order valence-corrected chi connectivity index (χ0v) is 13.7. The number of hydrogen-bond acceptors (Lipinski definition) is 3. The van der Waals surface area contributed by atoms with Gasteiger partial charge in [-0.15, -0.1) is 0 Å². The van der Waals surface area contributed by atoms with Crippen molar-refractivity contribution in [1.82, 2.24) is 5.32 Å². The quantitative estimate of drug-likeness (QED) is 0.799. The monoisotopic (exact) mass is 343 g/mol. The van der Waals surface area contributed by atoms with Crippen molar-refractivity contribution in [2.75, 3.05) is 6.61 Å². The maximum absolute atomic E-state index is 11.7. The number of amides is 1.